The van der Waals surface area contributed by atoms with Crippen LogP contribution in [0.3, 0.4) is 0 Å². The first-order valence-electron chi connectivity index (χ1n) is 7.73. The molecule has 3 heterocycles. The summed E-state index contributed by atoms with van der Waals surface area (Å²) in [6.07, 6.45) is 0. The van der Waals surface area contributed by atoms with Crippen LogP contribution in [0.15, 0.2) is 23.0 Å². The van der Waals surface area contributed by atoms with E-state index >= 15 is 0 Å². The van der Waals surface area contributed by atoms with Crippen LogP contribution in [0.25, 0.3) is 5.65 Å². The first-order chi connectivity index (χ1) is 11.3. The minimum atomic E-state index is -0.373. The van der Waals surface area contributed by atoms with Crippen molar-refractivity contribution in [2.24, 2.45) is 0 Å². The van der Waals surface area contributed by atoms with Crippen LogP contribution in [-0.2, 0) is 11.3 Å². The Morgan fingerprint density at radius 2 is 2.04 bits per heavy atom. The van der Waals surface area contributed by atoms with Crippen molar-refractivity contribution >= 4 is 11.6 Å². The topological polar surface area (TPSA) is 97.1 Å². The third-order valence-corrected chi connectivity index (χ3v) is 3.82. The van der Waals surface area contributed by atoms with Gasteiger partial charge in [-0.05, 0) is 33.8 Å². The van der Waals surface area contributed by atoms with Crippen molar-refractivity contribution in [1.29, 1.82) is 0 Å². The molecule has 24 heavy (non-hydrogen) atoms. The Bertz CT molecular complexity index is 965. The molecule has 3 rings (SSSR count). The van der Waals surface area contributed by atoms with Gasteiger partial charge in [-0.3, -0.25) is 19.4 Å². The van der Waals surface area contributed by atoms with Gasteiger partial charge < -0.3 is 5.32 Å². The number of fused-ring (bicyclic) bond motifs is 1. The van der Waals surface area contributed by atoms with Crippen LogP contribution in [0, 0.1) is 20.8 Å². The average molecular weight is 328 g/mol. The van der Waals surface area contributed by atoms with Gasteiger partial charge in [-0.1, -0.05) is 0 Å². The molecule has 0 aliphatic carbocycles. The van der Waals surface area contributed by atoms with Crippen molar-refractivity contribution in [2.45, 2.75) is 40.3 Å². The van der Waals surface area contributed by atoms with Crippen molar-refractivity contribution in [1.82, 2.24) is 29.7 Å². The smallest absolute Gasteiger partial charge is 0.272 e. The number of nitrogens with one attached hydrogen (secondary N) is 2. The maximum atomic E-state index is 12.2. The summed E-state index contributed by atoms with van der Waals surface area (Å²) >= 11 is 0. The molecule has 0 aromatic carbocycles. The SMILES string of the molecule is Cc1cc(C)n(CC(=O)NC(C)c2cc(=O)n3[nH]c(C)cc3n2)n1. The molecule has 0 aliphatic rings. The fourth-order valence-corrected chi connectivity index (χ4v) is 2.68. The fourth-order valence-electron chi connectivity index (χ4n) is 2.68. The largest absolute Gasteiger partial charge is 0.346 e. The van der Waals surface area contributed by atoms with E-state index in [1.807, 2.05) is 26.8 Å². The van der Waals surface area contributed by atoms with Crippen LogP contribution in [0.5, 0.6) is 0 Å². The maximum absolute atomic E-state index is 12.2. The van der Waals surface area contributed by atoms with Gasteiger partial charge in [-0.25, -0.2) is 9.50 Å². The minimum absolute atomic E-state index is 0.133. The van der Waals surface area contributed by atoms with E-state index in [9.17, 15) is 9.59 Å². The second kappa shape index (κ2) is 5.95. The van der Waals surface area contributed by atoms with Gasteiger partial charge in [0.15, 0.2) is 5.65 Å². The van der Waals surface area contributed by atoms with E-state index in [-0.39, 0.29) is 24.1 Å². The third-order valence-electron chi connectivity index (χ3n) is 3.82. The van der Waals surface area contributed by atoms with E-state index in [0.717, 1.165) is 17.1 Å². The number of H-pyrrole nitrogens is 1. The second-order valence-corrected chi connectivity index (χ2v) is 6.03. The van der Waals surface area contributed by atoms with Gasteiger partial charge in [-0.15, -0.1) is 0 Å². The molecule has 3 aromatic rings. The number of hydrogen-bond donors (Lipinski definition) is 2. The third kappa shape index (κ3) is 3.08. The number of amides is 1. The number of carbonyl (C=O) groups is 1. The first kappa shape index (κ1) is 16.0. The van der Waals surface area contributed by atoms with E-state index in [1.165, 1.54) is 10.6 Å². The predicted molar refractivity (Wildman–Crippen MR) is 88.8 cm³/mol. The van der Waals surface area contributed by atoms with Crippen LogP contribution in [0.4, 0.5) is 0 Å². The molecule has 0 aliphatic heterocycles. The highest BCUT2D eigenvalue weighted by molar-refractivity contribution is 5.76. The van der Waals surface area contributed by atoms with Crippen molar-refractivity contribution in [3.8, 4) is 0 Å². The first-order valence-corrected chi connectivity index (χ1v) is 7.73. The lowest BCUT2D eigenvalue weighted by molar-refractivity contribution is -0.122. The number of carbonyl (C=O) groups excluding carboxylic acids is 1. The number of hydrogen-bond acceptors (Lipinski definition) is 4. The highest BCUT2D eigenvalue weighted by Crippen LogP contribution is 2.10. The summed E-state index contributed by atoms with van der Waals surface area (Å²) < 4.78 is 3.03. The summed E-state index contributed by atoms with van der Waals surface area (Å²) in [7, 11) is 0. The lowest BCUT2D eigenvalue weighted by Gasteiger charge is -2.14. The Morgan fingerprint density at radius 1 is 1.29 bits per heavy atom. The van der Waals surface area contributed by atoms with Gasteiger partial charge in [0.05, 0.1) is 17.4 Å². The van der Waals surface area contributed by atoms with E-state index in [4.69, 9.17) is 0 Å². The summed E-state index contributed by atoms with van der Waals surface area (Å²) in [5.41, 5.74) is 3.50. The molecule has 1 unspecified atom stereocenters. The Kier molecular flexibility index (Phi) is 3.96. The highest BCUT2D eigenvalue weighted by Gasteiger charge is 2.15. The van der Waals surface area contributed by atoms with Crippen molar-refractivity contribution in [3.05, 3.63) is 51.3 Å². The van der Waals surface area contributed by atoms with Crippen LogP contribution in [0.1, 0.15) is 35.7 Å². The average Bonchev–Trinajstić information content (AvgIpc) is 3.00. The number of aryl methyl sites for hydroxylation is 3. The molecule has 3 aromatic heterocycles. The quantitative estimate of drug-likeness (QED) is 0.747. The number of rotatable bonds is 4. The second-order valence-electron chi connectivity index (χ2n) is 6.03. The lowest BCUT2D eigenvalue weighted by atomic mass is 10.2. The van der Waals surface area contributed by atoms with Crippen LogP contribution in [0.2, 0.25) is 0 Å². The van der Waals surface area contributed by atoms with Crippen LogP contribution >= 0.6 is 0 Å². The minimum Gasteiger partial charge on any atom is -0.346 e. The van der Waals surface area contributed by atoms with Crippen molar-refractivity contribution < 1.29 is 4.79 Å². The van der Waals surface area contributed by atoms with Gasteiger partial charge in [0.2, 0.25) is 5.91 Å². The summed E-state index contributed by atoms with van der Waals surface area (Å²) in [5.74, 6) is -0.180. The Morgan fingerprint density at radius 3 is 2.71 bits per heavy atom. The monoisotopic (exact) mass is 328 g/mol. The molecule has 1 atom stereocenters. The molecule has 126 valence electrons. The summed E-state index contributed by atoms with van der Waals surface area (Å²) in [5, 5.41) is 10.0. The maximum Gasteiger partial charge on any atom is 0.272 e. The summed E-state index contributed by atoms with van der Waals surface area (Å²) in [6.45, 7) is 7.58. The Hall–Kier alpha value is -2.90. The fraction of sp³-hybridized carbons (Fsp3) is 0.375. The normalized spacial score (nSPS) is 12.5. The van der Waals surface area contributed by atoms with E-state index < -0.39 is 0 Å². The van der Waals surface area contributed by atoms with Gasteiger partial charge >= 0.3 is 0 Å². The molecular weight excluding hydrogens is 308 g/mol. The molecule has 8 nitrogen and oxygen atoms in total. The Balaban J connectivity index is 1.76. The van der Waals surface area contributed by atoms with Crippen LogP contribution in [-0.4, -0.2) is 30.3 Å². The number of aromatic nitrogens is 5. The molecule has 0 fully saturated rings. The van der Waals surface area contributed by atoms with Gasteiger partial charge in [-0.2, -0.15) is 5.10 Å². The van der Waals surface area contributed by atoms with Gasteiger partial charge in [0.25, 0.3) is 5.56 Å². The molecule has 0 saturated carbocycles. The van der Waals surface area contributed by atoms with E-state index in [1.54, 1.807) is 17.7 Å². The molecular formula is C16H20N6O2. The predicted octanol–water partition coefficient (Wildman–Crippen LogP) is 1.02. The van der Waals surface area contributed by atoms with E-state index in [0.29, 0.717) is 11.3 Å². The molecule has 2 N–H and O–H groups in total. The van der Waals surface area contributed by atoms with E-state index in [2.05, 4.69) is 20.5 Å². The molecule has 0 saturated heterocycles. The summed E-state index contributed by atoms with van der Waals surface area (Å²) in [4.78, 5) is 28.8. The van der Waals surface area contributed by atoms with Gasteiger partial charge in [0.1, 0.15) is 6.54 Å². The standard InChI is InChI=1S/C16H20N6O2/c1-9-5-11(3)21(19-9)8-15(23)17-12(4)13-7-16(24)22-14(18-13)6-10(2)20-22/h5-7,12,20H,8H2,1-4H3,(H,17,23). The highest BCUT2D eigenvalue weighted by atomic mass is 16.2. The zero-order valence-corrected chi connectivity index (χ0v) is 14.1. The number of aromatic amines is 1. The van der Waals surface area contributed by atoms with Crippen molar-refractivity contribution in [3.63, 3.8) is 0 Å². The number of nitrogens with zero attached hydrogens (tertiary/aromatic N) is 4. The molecule has 0 radical (unpaired) electrons. The zero-order chi connectivity index (χ0) is 17.4. The van der Waals surface area contributed by atoms with Crippen LogP contribution < -0.4 is 10.9 Å². The zero-order valence-electron chi connectivity index (χ0n) is 14.1. The Labute approximate surface area is 138 Å². The van der Waals surface area contributed by atoms with Crippen molar-refractivity contribution in [2.75, 3.05) is 0 Å². The molecule has 1 amide bonds. The molecule has 0 bridgehead atoms. The molecule has 8 heteroatoms. The van der Waals surface area contributed by atoms with Gasteiger partial charge in [0, 0.05) is 23.5 Å². The lowest BCUT2D eigenvalue weighted by Crippen LogP contribution is -2.32. The molecule has 0 spiro atoms. The summed E-state index contributed by atoms with van der Waals surface area (Å²) in [6, 6.07) is 4.76.